The molecule has 24 heavy (non-hydrogen) atoms. The Morgan fingerprint density at radius 1 is 1.25 bits per heavy atom. The molecule has 1 amide bonds. The van der Waals surface area contributed by atoms with Gasteiger partial charge in [-0.25, -0.2) is 0 Å². The number of anilines is 1. The summed E-state index contributed by atoms with van der Waals surface area (Å²) in [7, 11) is 0. The highest BCUT2D eigenvalue weighted by molar-refractivity contribution is 8.03. The van der Waals surface area contributed by atoms with E-state index >= 15 is 0 Å². The minimum atomic E-state index is -0.486. The number of nitro benzene ring substituents is 1. The van der Waals surface area contributed by atoms with Crippen molar-refractivity contribution in [1.82, 2.24) is 10.2 Å². The number of amides is 1. The zero-order chi connectivity index (χ0) is 17.5. The van der Waals surface area contributed by atoms with Crippen molar-refractivity contribution in [3.63, 3.8) is 0 Å². The summed E-state index contributed by atoms with van der Waals surface area (Å²) in [6.07, 6.45) is 0. The molecule has 1 aromatic heterocycles. The number of nitrogens with one attached hydrogen (secondary N) is 1. The summed E-state index contributed by atoms with van der Waals surface area (Å²) in [4.78, 5) is 22.0. The number of thioether (sulfide) groups is 2. The molecule has 0 atom stereocenters. The molecule has 1 aromatic carbocycles. The minimum absolute atomic E-state index is 0.0176. The van der Waals surface area contributed by atoms with E-state index < -0.39 is 4.92 Å². The van der Waals surface area contributed by atoms with Gasteiger partial charge in [-0.15, -0.1) is 10.2 Å². The van der Waals surface area contributed by atoms with Gasteiger partial charge in [-0.1, -0.05) is 47.0 Å². The van der Waals surface area contributed by atoms with Gasteiger partial charge in [0.1, 0.15) is 0 Å². The number of benzene rings is 1. The monoisotopic (exact) mass is 382 g/mol. The highest BCUT2D eigenvalue weighted by atomic mass is 32.2. The van der Waals surface area contributed by atoms with Crippen molar-refractivity contribution in [2.24, 2.45) is 0 Å². The molecular weight excluding hydrogens is 368 g/mol. The van der Waals surface area contributed by atoms with Gasteiger partial charge in [0, 0.05) is 23.6 Å². The fourth-order valence-corrected chi connectivity index (χ4v) is 4.15. The van der Waals surface area contributed by atoms with Crippen LogP contribution in [0.2, 0.25) is 0 Å². The maximum absolute atomic E-state index is 11.9. The lowest BCUT2D eigenvalue weighted by Gasteiger charge is -2.03. The van der Waals surface area contributed by atoms with E-state index in [0.717, 1.165) is 20.0 Å². The number of hydrogen-bond acceptors (Lipinski definition) is 8. The van der Waals surface area contributed by atoms with Crippen molar-refractivity contribution in [1.29, 1.82) is 0 Å². The highest BCUT2D eigenvalue weighted by Gasteiger charge is 2.10. The Morgan fingerprint density at radius 3 is 2.38 bits per heavy atom. The molecule has 0 unspecified atom stereocenters. The molecule has 0 radical (unpaired) electrons. The molecular formula is C14H14N4O3S3. The van der Waals surface area contributed by atoms with Gasteiger partial charge in [0.2, 0.25) is 5.91 Å². The van der Waals surface area contributed by atoms with Crippen LogP contribution in [0.1, 0.15) is 6.92 Å². The second-order valence-corrected chi connectivity index (χ2v) is 8.14. The maximum atomic E-state index is 11.9. The number of carbonyl (C=O) groups excluding carboxylic acids is 1. The molecule has 1 N–H and O–H groups in total. The van der Waals surface area contributed by atoms with Crippen LogP contribution < -0.4 is 5.32 Å². The fraction of sp³-hybridized carbons (Fsp3) is 0.214. The van der Waals surface area contributed by atoms with Crippen LogP contribution in [-0.4, -0.2) is 32.5 Å². The molecule has 126 valence electrons. The molecule has 0 saturated heterocycles. The van der Waals surface area contributed by atoms with Crippen LogP contribution in [0.15, 0.2) is 45.1 Å². The number of hydrogen-bond donors (Lipinski definition) is 1. The quantitative estimate of drug-likeness (QED) is 0.320. The first-order valence-electron chi connectivity index (χ1n) is 6.72. The lowest BCUT2D eigenvalue weighted by molar-refractivity contribution is -0.384. The van der Waals surface area contributed by atoms with Gasteiger partial charge < -0.3 is 5.32 Å². The Hall–Kier alpha value is -1.91. The summed E-state index contributed by atoms with van der Waals surface area (Å²) in [5.74, 6) is 0.775. The minimum Gasteiger partial charge on any atom is -0.325 e. The van der Waals surface area contributed by atoms with Gasteiger partial charge in [0.15, 0.2) is 8.68 Å². The zero-order valence-corrected chi connectivity index (χ0v) is 15.2. The Bertz CT molecular complexity index is 746. The first-order valence-corrected chi connectivity index (χ1v) is 9.50. The normalized spacial score (nSPS) is 10.4. The molecule has 0 aliphatic heterocycles. The summed E-state index contributed by atoms with van der Waals surface area (Å²) >= 11 is 4.30. The van der Waals surface area contributed by atoms with Crippen LogP contribution in [-0.2, 0) is 4.79 Å². The Morgan fingerprint density at radius 2 is 1.83 bits per heavy atom. The molecule has 2 aromatic rings. The van der Waals surface area contributed by atoms with E-state index in [4.69, 9.17) is 0 Å². The van der Waals surface area contributed by atoms with Crippen LogP contribution in [0, 0.1) is 10.1 Å². The SMILES string of the molecule is C=C(C)CSc1nnc(SCC(=O)Nc2ccc([N+](=O)[O-])cc2)s1. The summed E-state index contributed by atoms with van der Waals surface area (Å²) in [6.45, 7) is 5.78. The average Bonchev–Trinajstić information content (AvgIpc) is 2.99. The number of nitrogens with zero attached hydrogens (tertiary/aromatic N) is 3. The molecule has 2 rings (SSSR count). The Labute approximate surface area is 151 Å². The molecule has 0 spiro atoms. The number of rotatable bonds is 8. The van der Waals surface area contributed by atoms with E-state index in [-0.39, 0.29) is 17.3 Å². The van der Waals surface area contributed by atoms with Crippen molar-refractivity contribution in [2.75, 3.05) is 16.8 Å². The standard InChI is InChI=1S/C14H14N4O3S3/c1-9(2)7-22-13-16-17-14(24-13)23-8-12(19)15-10-3-5-11(6-4-10)18(20)21/h3-6H,1,7-8H2,2H3,(H,15,19). The van der Waals surface area contributed by atoms with Gasteiger partial charge in [-0.3, -0.25) is 14.9 Å². The largest absolute Gasteiger partial charge is 0.325 e. The third kappa shape index (κ3) is 5.95. The van der Waals surface area contributed by atoms with Crippen LogP contribution >= 0.6 is 34.9 Å². The van der Waals surface area contributed by atoms with Crippen molar-refractivity contribution in [3.8, 4) is 0 Å². The van der Waals surface area contributed by atoms with Crippen molar-refractivity contribution in [2.45, 2.75) is 15.6 Å². The summed E-state index contributed by atoms with van der Waals surface area (Å²) in [5, 5.41) is 21.3. The Balaban J connectivity index is 1.80. The third-order valence-corrected chi connectivity index (χ3v) is 5.94. The Kier molecular flexibility index (Phi) is 6.76. The summed E-state index contributed by atoms with van der Waals surface area (Å²) in [6, 6.07) is 5.69. The first-order chi connectivity index (χ1) is 11.4. The lowest BCUT2D eigenvalue weighted by Crippen LogP contribution is -2.13. The van der Waals surface area contributed by atoms with E-state index in [1.165, 1.54) is 47.4 Å². The van der Waals surface area contributed by atoms with Gasteiger partial charge in [0.05, 0.1) is 10.7 Å². The predicted octanol–water partition coefficient (Wildman–Crippen LogP) is 3.85. The van der Waals surface area contributed by atoms with Gasteiger partial charge in [-0.05, 0) is 19.1 Å². The molecule has 0 aliphatic rings. The van der Waals surface area contributed by atoms with Crippen molar-refractivity contribution < 1.29 is 9.72 Å². The predicted molar refractivity (Wildman–Crippen MR) is 97.9 cm³/mol. The number of carbonyl (C=O) groups is 1. The van der Waals surface area contributed by atoms with Crippen LogP contribution in [0.4, 0.5) is 11.4 Å². The second-order valence-electron chi connectivity index (χ2n) is 4.72. The maximum Gasteiger partial charge on any atom is 0.269 e. The van der Waals surface area contributed by atoms with E-state index in [1.807, 2.05) is 6.92 Å². The van der Waals surface area contributed by atoms with E-state index in [9.17, 15) is 14.9 Å². The number of nitro groups is 1. The fourth-order valence-electron chi connectivity index (χ4n) is 1.49. The number of aromatic nitrogens is 2. The molecule has 1 heterocycles. The van der Waals surface area contributed by atoms with E-state index in [1.54, 1.807) is 11.8 Å². The lowest BCUT2D eigenvalue weighted by atomic mass is 10.3. The second kappa shape index (κ2) is 8.81. The van der Waals surface area contributed by atoms with Crippen LogP contribution in [0.3, 0.4) is 0 Å². The molecule has 0 aliphatic carbocycles. The van der Waals surface area contributed by atoms with Crippen molar-refractivity contribution >= 4 is 52.1 Å². The van der Waals surface area contributed by atoms with E-state index in [0.29, 0.717) is 5.69 Å². The average molecular weight is 382 g/mol. The highest BCUT2D eigenvalue weighted by Crippen LogP contribution is 2.29. The molecule has 0 saturated carbocycles. The van der Waals surface area contributed by atoms with Gasteiger partial charge in [0.25, 0.3) is 5.69 Å². The summed E-state index contributed by atoms with van der Waals surface area (Å²) in [5.41, 5.74) is 1.56. The third-order valence-electron chi connectivity index (χ3n) is 2.52. The molecule has 0 fully saturated rings. The molecule has 0 bridgehead atoms. The molecule has 7 nitrogen and oxygen atoms in total. The van der Waals surface area contributed by atoms with Gasteiger partial charge in [-0.2, -0.15) is 0 Å². The number of non-ortho nitro benzene ring substituents is 1. The van der Waals surface area contributed by atoms with Crippen LogP contribution in [0.25, 0.3) is 0 Å². The first kappa shape index (κ1) is 18.4. The summed E-state index contributed by atoms with van der Waals surface area (Å²) < 4.78 is 1.56. The van der Waals surface area contributed by atoms with E-state index in [2.05, 4.69) is 22.1 Å². The van der Waals surface area contributed by atoms with Gasteiger partial charge >= 0.3 is 0 Å². The smallest absolute Gasteiger partial charge is 0.269 e. The molecule has 10 heteroatoms. The zero-order valence-electron chi connectivity index (χ0n) is 12.7. The van der Waals surface area contributed by atoms with Crippen molar-refractivity contribution in [3.05, 3.63) is 46.5 Å². The van der Waals surface area contributed by atoms with Crippen LogP contribution in [0.5, 0.6) is 0 Å². The topological polar surface area (TPSA) is 98.0 Å².